The third kappa shape index (κ3) is 7.04. The SMILES string of the molecule is CCN(CC)CCNC(=O)c1ccc(NC(=O)CCc2cccc(N)c2)cc1. The Morgan fingerprint density at radius 3 is 2.39 bits per heavy atom. The van der Waals surface area contributed by atoms with Gasteiger partial charge in [-0.25, -0.2) is 0 Å². The van der Waals surface area contributed by atoms with Crippen LogP contribution in [0.1, 0.15) is 36.2 Å². The Kier molecular flexibility index (Phi) is 8.49. The number of nitrogens with zero attached hydrogens (tertiary/aromatic N) is 1. The molecule has 2 amide bonds. The van der Waals surface area contributed by atoms with E-state index in [4.69, 9.17) is 5.73 Å². The number of nitrogens with one attached hydrogen (secondary N) is 2. The number of aryl methyl sites for hydroxylation is 1. The number of nitrogen functional groups attached to an aromatic ring is 1. The third-order valence-corrected chi connectivity index (χ3v) is 4.63. The standard InChI is InChI=1S/C22H30N4O2/c1-3-26(4-2)15-14-24-22(28)18-9-11-20(12-10-18)25-21(27)13-8-17-6-5-7-19(23)16-17/h5-7,9-12,16H,3-4,8,13-15,23H2,1-2H3,(H,24,28)(H,25,27). The highest BCUT2D eigenvalue weighted by atomic mass is 16.2. The molecule has 0 radical (unpaired) electrons. The van der Waals surface area contributed by atoms with E-state index in [2.05, 4.69) is 29.4 Å². The predicted molar refractivity (Wildman–Crippen MR) is 114 cm³/mol. The molecule has 0 spiro atoms. The number of carbonyl (C=O) groups is 2. The molecule has 0 aromatic heterocycles. The van der Waals surface area contributed by atoms with Crippen LogP contribution < -0.4 is 16.4 Å². The molecular formula is C22H30N4O2. The topological polar surface area (TPSA) is 87.5 Å². The van der Waals surface area contributed by atoms with E-state index in [9.17, 15) is 9.59 Å². The van der Waals surface area contributed by atoms with Crippen molar-refractivity contribution in [2.24, 2.45) is 0 Å². The van der Waals surface area contributed by atoms with E-state index >= 15 is 0 Å². The van der Waals surface area contributed by atoms with Crippen LogP contribution in [0.2, 0.25) is 0 Å². The van der Waals surface area contributed by atoms with Gasteiger partial charge >= 0.3 is 0 Å². The van der Waals surface area contributed by atoms with Crippen molar-refractivity contribution >= 4 is 23.2 Å². The van der Waals surface area contributed by atoms with Crippen LogP contribution in [-0.4, -0.2) is 42.9 Å². The first-order valence-corrected chi connectivity index (χ1v) is 9.76. The number of hydrogen-bond acceptors (Lipinski definition) is 4. The second kappa shape index (κ2) is 11.1. The first-order chi connectivity index (χ1) is 13.5. The van der Waals surface area contributed by atoms with Gasteiger partial charge < -0.3 is 21.3 Å². The number of rotatable bonds is 10. The zero-order valence-electron chi connectivity index (χ0n) is 16.7. The molecule has 0 fully saturated rings. The number of carbonyl (C=O) groups excluding carboxylic acids is 2. The van der Waals surface area contributed by atoms with Crippen molar-refractivity contribution in [1.82, 2.24) is 10.2 Å². The molecule has 0 aliphatic carbocycles. The number of hydrogen-bond donors (Lipinski definition) is 3. The maximum atomic E-state index is 12.2. The number of anilines is 2. The highest BCUT2D eigenvalue weighted by molar-refractivity contribution is 5.95. The number of amides is 2. The summed E-state index contributed by atoms with van der Waals surface area (Å²) in [5.41, 5.74) is 8.74. The lowest BCUT2D eigenvalue weighted by Gasteiger charge is -2.18. The maximum Gasteiger partial charge on any atom is 0.251 e. The van der Waals surface area contributed by atoms with Crippen molar-refractivity contribution in [1.29, 1.82) is 0 Å². The molecule has 0 bridgehead atoms. The van der Waals surface area contributed by atoms with Crippen molar-refractivity contribution in [3.05, 3.63) is 59.7 Å². The third-order valence-electron chi connectivity index (χ3n) is 4.63. The highest BCUT2D eigenvalue weighted by Crippen LogP contribution is 2.12. The lowest BCUT2D eigenvalue weighted by atomic mass is 10.1. The van der Waals surface area contributed by atoms with Crippen molar-refractivity contribution in [3.8, 4) is 0 Å². The highest BCUT2D eigenvalue weighted by Gasteiger charge is 2.08. The molecule has 2 aromatic carbocycles. The largest absolute Gasteiger partial charge is 0.399 e. The molecule has 0 saturated carbocycles. The summed E-state index contributed by atoms with van der Waals surface area (Å²) < 4.78 is 0. The average molecular weight is 383 g/mol. The van der Waals surface area contributed by atoms with Gasteiger partial charge in [-0.1, -0.05) is 26.0 Å². The lowest BCUT2D eigenvalue weighted by Crippen LogP contribution is -2.34. The quantitative estimate of drug-likeness (QED) is 0.552. The van der Waals surface area contributed by atoms with Crippen LogP contribution in [0.5, 0.6) is 0 Å². The van der Waals surface area contributed by atoms with Gasteiger partial charge in [0, 0.05) is 36.4 Å². The summed E-state index contributed by atoms with van der Waals surface area (Å²) in [5, 5.41) is 5.78. The van der Waals surface area contributed by atoms with Gasteiger partial charge in [-0.3, -0.25) is 9.59 Å². The van der Waals surface area contributed by atoms with Gasteiger partial charge in [0.1, 0.15) is 0 Å². The van der Waals surface area contributed by atoms with Crippen LogP contribution >= 0.6 is 0 Å². The van der Waals surface area contributed by atoms with E-state index in [-0.39, 0.29) is 11.8 Å². The fourth-order valence-corrected chi connectivity index (χ4v) is 2.90. The number of likely N-dealkylation sites (N-methyl/N-ethyl adjacent to an activating group) is 1. The molecule has 0 unspecified atom stereocenters. The minimum absolute atomic E-state index is 0.0705. The van der Waals surface area contributed by atoms with Crippen LogP contribution in [0.15, 0.2) is 48.5 Å². The van der Waals surface area contributed by atoms with E-state index in [1.165, 1.54) is 0 Å². The Hall–Kier alpha value is -2.86. The molecule has 6 heteroatoms. The zero-order chi connectivity index (χ0) is 20.4. The molecule has 0 heterocycles. The van der Waals surface area contributed by atoms with Gasteiger partial charge in [-0.15, -0.1) is 0 Å². The molecular weight excluding hydrogens is 352 g/mol. The summed E-state index contributed by atoms with van der Waals surface area (Å²) in [6, 6.07) is 14.5. The van der Waals surface area contributed by atoms with Gasteiger partial charge in [-0.05, 0) is 61.5 Å². The normalized spacial score (nSPS) is 10.7. The summed E-state index contributed by atoms with van der Waals surface area (Å²) in [7, 11) is 0. The summed E-state index contributed by atoms with van der Waals surface area (Å²) in [6.07, 6.45) is 1.00. The average Bonchev–Trinajstić information content (AvgIpc) is 2.70. The predicted octanol–water partition coefficient (Wildman–Crippen LogP) is 2.91. The minimum atomic E-state index is -0.105. The molecule has 0 saturated heterocycles. The summed E-state index contributed by atoms with van der Waals surface area (Å²) in [5.74, 6) is -0.175. The van der Waals surface area contributed by atoms with Crippen LogP contribution in [0.4, 0.5) is 11.4 Å². The van der Waals surface area contributed by atoms with Crippen molar-refractivity contribution in [2.45, 2.75) is 26.7 Å². The van der Waals surface area contributed by atoms with Gasteiger partial charge in [0.15, 0.2) is 0 Å². The second-order valence-electron chi connectivity index (χ2n) is 6.65. The molecule has 0 aliphatic rings. The van der Waals surface area contributed by atoms with Crippen molar-refractivity contribution < 1.29 is 9.59 Å². The lowest BCUT2D eigenvalue weighted by molar-refractivity contribution is -0.116. The molecule has 2 aromatic rings. The van der Waals surface area contributed by atoms with E-state index in [1.54, 1.807) is 24.3 Å². The molecule has 0 atom stereocenters. The Labute approximate surface area is 167 Å². The van der Waals surface area contributed by atoms with Gasteiger partial charge in [0.25, 0.3) is 5.91 Å². The molecule has 150 valence electrons. The Morgan fingerprint density at radius 2 is 1.75 bits per heavy atom. The minimum Gasteiger partial charge on any atom is -0.399 e. The monoisotopic (exact) mass is 382 g/mol. The Balaban J connectivity index is 1.78. The van der Waals surface area contributed by atoms with E-state index in [0.29, 0.717) is 36.3 Å². The van der Waals surface area contributed by atoms with Gasteiger partial charge in [0.2, 0.25) is 5.91 Å². The first kappa shape index (κ1) is 21.4. The van der Waals surface area contributed by atoms with E-state index in [0.717, 1.165) is 25.2 Å². The van der Waals surface area contributed by atoms with Crippen molar-refractivity contribution in [3.63, 3.8) is 0 Å². The summed E-state index contributed by atoms with van der Waals surface area (Å²) >= 11 is 0. The fourth-order valence-electron chi connectivity index (χ4n) is 2.90. The van der Waals surface area contributed by atoms with Crippen LogP contribution in [0, 0.1) is 0 Å². The van der Waals surface area contributed by atoms with Gasteiger partial charge in [0.05, 0.1) is 0 Å². The first-order valence-electron chi connectivity index (χ1n) is 9.76. The van der Waals surface area contributed by atoms with E-state index < -0.39 is 0 Å². The smallest absolute Gasteiger partial charge is 0.251 e. The van der Waals surface area contributed by atoms with Crippen molar-refractivity contribution in [2.75, 3.05) is 37.2 Å². The van der Waals surface area contributed by atoms with Crippen LogP contribution in [-0.2, 0) is 11.2 Å². The fraction of sp³-hybridized carbons (Fsp3) is 0.364. The summed E-state index contributed by atoms with van der Waals surface area (Å²) in [6.45, 7) is 7.60. The molecule has 0 aliphatic heterocycles. The van der Waals surface area contributed by atoms with Crippen LogP contribution in [0.25, 0.3) is 0 Å². The molecule has 6 nitrogen and oxygen atoms in total. The molecule has 28 heavy (non-hydrogen) atoms. The zero-order valence-corrected chi connectivity index (χ0v) is 16.7. The van der Waals surface area contributed by atoms with Crippen LogP contribution in [0.3, 0.4) is 0 Å². The summed E-state index contributed by atoms with van der Waals surface area (Å²) in [4.78, 5) is 26.6. The number of nitrogens with two attached hydrogens (primary N) is 1. The maximum absolute atomic E-state index is 12.2. The van der Waals surface area contributed by atoms with Gasteiger partial charge in [-0.2, -0.15) is 0 Å². The second-order valence-corrected chi connectivity index (χ2v) is 6.65. The molecule has 4 N–H and O–H groups in total. The van der Waals surface area contributed by atoms with E-state index in [1.807, 2.05) is 24.3 Å². The number of benzene rings is 2. The Morgan fingerprint density at radius 1 is 1.04 bits per heavy atom. The Bertz CT molecular complexity index is 770. The molecule has 2 rings (SSSR count).